The van der Waals surface area contributed by atoms with E-state index in [1.807, 2.05) is 30.3 Å². The number of benzene rings is 1. The highest BCUT2D eigenvalue weighted by atomic mass is 31.2. The zero-order valence-corrected chi connectivity index (χ0v) is 9.97. The average Bonchev–Trinajstić information content (AvgIpc) is 2.25. The number of amides is 1. The van der Waals surface area contributed by atoms with Crippen LogP contribution in [0.15, 0.2) is 30.3 Å². The lowest BCUT2D eigenvalue weighted by Gasteiger charge is -2.06. The molecular weight excluding hydrogens is 245 g/mol. The van der Waals surface area contributed by atoms with Crippen LogP contribution in [0.25, 0.3) is 0 Å². The lowest BCUT2D eigenvalue weighted by Crippen LogP contribution is -2.28. The molecule has 0 heterocycles. The first kappa shape index (κ1) is 13.9. The fraction of sp³-hybridized carbons (Fsp3) is 0.300. The Labute approximate surface area is 98.9 Å². The molecule has 1 amide bonds. The van der Waals surface area contributed by atoms with Gasteiger partial charge in [0.15, 0.2) is 0 Å². The predicted molar refractivity (Wildman–Crippen MR) is 61.2 cm³/mol. The summed E-state index contributed by atoms with van der Waals surface area (Å²) in [5, 5.41) is 2.50. The molecule has 0 aliphatic carbocycles. The number of carbonyl (C=O) groups is 1. The Morgan fingerprint density at radius 3 is 2.53 bits per heavy atom. The molecule has 1 aromatic carbocycles. The van der Waals surface area contributed by atoms with E-state index in [0.717, 1.165) is 5.56 Å². The van der Waals surface area contributed by atoms with Crippen molar-refractivity contribution in [3.63, 3.8) is 0 Å². The molecule has 0 aromatic heterocycles. The Morgan fingerprint density at radius 1 is 1.29 bits per heavy atom. The first-order valence-corrected chi connectivity index (χ1v) is 6.51. The second kappa shape index (κ2) is 6.51. The van der Waals surface area contributed by atoms with Crippen LogP contribution >= 0.6 is 7.82 Å². The topological polar surface area (TPSA) is 95.9 Å². The maximum atomic E-state index is 11.4. The van der Waals surface area contributed by atoms with E-state index in [1.165, 1.54) is 0 Å². The summed E-state index contributed by atoms with van der Waals surface area (Å²) in [6.07, 6.45) is 0.233. The first-order chi connectivity index (χ1) is 7.97. The SMILES string of the molecule is O=C(Cc1ccccc1)NCCOP(=O)(O)O. The second-order valence-electron chi connectivity index (χ2n) is 3.34. The highest BCUT2D eigenvalue weighted by Crippen LogP contribution is 2.34. The lowest BCUT2D eigenvalue weighted by atomic mass is 10.1. The Balaban J connectivity index is 2.20. The van der Waals surface area contributed by atoms with Gasteiger partial charge in [-0.15, -0.1) is 0 Å². The fourth-order valence-electron chi connectivity index (χ4n) is 1.20. The molecule has 0 radical (unpaired) electrons. The maximum Gasteiger partial charge on any atom is 0.469 e. The molecule has 94 valence electrons. The summed E-state index contributed by atoms with van der Waals surface area (Å²) in [6.45, 7) is -0.151. The third-order valence-corrected chi connectivity index (χ3v) is 2.41. The van der Waals surface area contributed by atoms with E-state index in [9.17, 15) is 9.36 Å². The first-order valence-electron chi connectivity index (χ1n) is 4.98. The molecule has 17 heavy (non-hydrogen) atoms. The minimum Gasteiger partial charge on any atom is -0.353 e. The molecule has 1 rings (SSSR count). The van der Waals surface area contributed by atoms with Gasteiger partial charge in [-0.3, -0.25) is 9.32 Å². The predicted octanol–water partition coefficient (Wildman–Crippen LogP) is 0.455. The molecule has 0 atom stereocenters. The van der Waals surface area contributed by atoms with Gasteiger partial charge in [-0.2, -0.15) is 0 Å². The summed E-state index contributed by atoms with van der Waals surface area (Å²) in [4.78, 5) is 28.2. The molecule has 0 fully saturated rings. The molecule has 7 heteroatoms. The van der Waals surface area contributed by atoms with Crippen molar-refractivity contribution in [2.45, 2.75) is 6.42 Å². The van der Waals surface area contributed by atoms with Crippen LogP contribution < -0.4 is 5.32 Å². The highest BCUT2D eigenvalue weighted by molar-refractivity contribution is 7.46. The fourth-order valence-corrected chi connectivity index (χ4v) is 1.53. The smallest absolute Gasteiger partial charge is 0.353 e. The standard InChI is InChI=1S/C10H14NO5P/c12-10(8-9-4-2-1-3-5-9)11-6-7-16-17(13,14)15/h1-5H,6-8H2,(H,11,12)(H2,13,14,15). The van der Waals surface area contributed by atoms with E-state index in [0.29, 0.717) is 0 Å². The maximum absolute atomic E-state index is 11.4. The van der Waals surface area contributed by atoms with Gasteiger partial charge in [-0.25, -0.2) is 4.57 Å². The van der Waals surface area contributed by atoms with Crippen molar-refractivity contribution in [3.8, 4) is 0 Å². The number of phosphoric acid groups is 1. The van der Waals surface area contributed by atoms with E-state index in [2.05, 4.69) is 9.84 Å². The summed E-state index contributed by atoms with van der Waals surface area (Å²) in [5.74, 6) is -0.217. The number of phosphoric ester groups is 1. The van der Waals surface area contributed by atoms with E-state index in [-0.39, 0.29) is 25.5 Å². The quantitative estimate of drug-likeness (QED) is 0.509. The van der Waals surface area contributed by atoms with Crippen molar-refractivity contribution in [2.24, 2.45) is 0 Å². The van der Waals surface area contributed by atoms with E-state index < -0.39 is 7.82 Å². The van der Waals surface area contributed by atoms with Gasteiger partial charge >= 0.3 is 7.82 Å². The third kappa shape index (κ3) is 6.86. The van der Waals surface area contributed by atoms with Crippen molar-refractivity contribution in [2.75, 3.05) is 13.2 Å². The van der Waals surface area contributed by atoms with Crippen molar-refractivity contribution < 1.29 is 23.7 Å². The molecular formula is C10H14NO5P. The normalized spacial score (nSPS) is 11.2. The molecule has 0 spiro atoms. The third-order valence-electron chi connectivity index (χ3n) is 1.89. The lowest BCUT2D eigenvalue weighted by molar-refractivity contribution is -0.120. The van der Waals surface area contributed by atoms with Crippen molar-refractivity contribution >= 4 is 13.7 Å². The van der Waals surface area contributed by atoms with Gasteiger partial charge in [0.25, 0.3) is 0 Å². The molecule has 0 saturated carbocycles. The number of hydrogen-bond donors (Lipinski definition) is 3. The van der Waals surface area contributed by atoms with Crippen LogP contribution in [0.4, 0.5) is 0 Å². The van der Waals surface area contributed by atoms with Gasteiger partial charge in [0, 0.05) is 6.54 Å². The van der Waals surface area contributed by atoms with Crippen LogP contribution in [0.1, 0.15) is 5.56 Å². The Hall–Kier alpha value is -1.20. The van der Waals surface area contributed by atoms with Gasteiger partial charge in [0.1, 0.15) is 0 Å². The molecule has 0 bridgehead atoms. The zero-order chi connectivity index (χ0) is 12.7. The van der Waals surface area contributed by atoms with Crippen molar-refractivity contribution in [1.82, 2.24) is 5.32 Å². The summed E-state index contributed by atoms with van der Waals surface area (Å²) in [5.41, 5.74) is 0.876. The number of nitrogens with one attached hydrogen (secondary N) is 1. The number of carbonyl (C=O) groups excluding carboxylic acids is 1. The summed E-state index contributed by atoms with van der Waals surface area (Å²) < 4.78 is 14.5. The summed E-state index contributed by atoms with van der Waals surface area (Å²) in [6, 6.07) is 9.17. The van der Waals surface area contributed by atoms with Crippen LogP contribution in [0.5, 0.6) is 0 Å². The second-order valence-corrected chi connectivity index (χ2v) is 4.58. The molecule has 0 unspecified atom stereocenters. The van der Waals surface area contributed by atoms with Crippen LogP contribution in [0, 0.1) is 0 Å². The van der Waals surface area contributed by atoms with E-state index >= 15 is 0 Å². The average molecular weight is 259 g/mol. The summed E-state index contributed by atoms with van der Waals surface area (Å²) in [7, 11) is -4.44. The Kier molecular flexibility index (Phi) is 5.31. The molecule has 0 saturated heterocycles. The van der Waals surface area contributed by atoms with Crippen LogP contribution in [0.3, 0.4) is 0 Å². The van der Waals surface area contributed by atoms with Crippen LogP contribution in [-0.4, -0.2) is 28.8 Å². The number of rotatable bonds is 6. The van der Waals surface area contributed by atoms with Crippen molar-refractivity contribution in [1.29, 1.82) is 0 Å². The van der Waals surface area contributed by atoms with Gasteiger partial charge < -0.3 is 15.1 Å². The molecule has 6 nitrogen and oxygen atoms in total. The molecule has 3 N–H and O–H groups in total. The zero-order valence-electron chi connectivity index (χ0n) is 9.07. The van der Waals surface area contributed by atoms with Crippen molar-refractivity contribution in [3.05, 3.63) is 35.9 Å². The summed E-state index contributed by atoms with van der Waals surface area (Å²) >= 11 is 0. The molecule has 0 aliphatic rings. The van der Waals surface area contributed by atoms with E-state index in [4.69, 9.17) is 9.79 Å². The Morgan fingerprint density at radius 2 is 1.94 bits per heavy atom. The molecule has 1 aromatic rings. The largest absolute Gasteiger partial charge is 0.469 e. The van der Waals surface area contributed by atoms with Gasteiger partial charge in [0.2, 0.25) is 5.91 Å². The Bertz CT molecular complexity index is 402. The highest BCUT2D eigenvalue weighted by Gasteiger charge is 2.12. The molecule has 0 aliphatic heterocycles. The monoisotopic (exact) mass is 259 g/mol. The van der Waals surface area contributed by atoms with Crippen LogP contribution in [0.2, 0.25) is 0 Å². The van der Waals surface area contributed by atoms with Crippen LogP contribution in [-0.2, 0) is 20.3 Å². The number of hydrogen-bond acceptors (Lipinski definition) is 3. The van der Waals surface area contributed by atoms with E-state index in [1.54, 1.807) is 0 Å². The van der Waals surface area contributed by atoms with Gasteiger partial charge in [0.05, 0.1) is 13.0 Å². The minimum atomic E-state index is -4.44. The van der Waals surface area contributed by atoms with Gasteiger partial charge in [-0.1, -0.05) is 30.3 Å². The van der Waals surface area contributed by atoms with Gasteiger partial charge in [-0.05, 0) is 5.56 Å². The minimum absolute atomic E-state index is 0.0662.